The van der Waals surface area contributed by atoms with Gasteiger partial charge < -0.3 is 4.74 Å². The minimum atomic E-state index is 0.786. The van der Waals surface area contributed by atoms with Gasteiger partial charge in [-0.2, -0.15) is 0 Å². The molecular formula is C17H20N2OS. The summed E-state index contributed by atoms with van der Waals surface area (Å²) in [6.45, 7) is 7.22. The number of aryl methyl sites for hydroxylation is 2. The van der Waals surface area contributed by atoms with Gasteiger partial charge in [0.15, 0.2) is 4.96 Å². The van der Waals surface area contributed by atoms with E-state index >= 15 is 0 Å². The number of nitrogens with zero attached hydrogens (tertiary/aromatic N) is 2. The molecule has 0 spiro atoms. The van der Waals surface area contributed by atoms with Crippen LogP contribution in [0.15, 0.2) is 30.5 Å². The zero-order valence-electron chi connectivity index (χ0n) is 12.7. The number of aromatic nitrogens is 2. The number of rotatable bonds is 5. The molecule has 0 aliphatic rings. The Morgan fingerprint density at radius 1 is 1.19 bits per heavy atom. The summed E-state index contributed by atoms with van der Waals surface area (Å²) in [5.41, 5.74) is 3.42. The molecule has 0 saturated carbocycles. The lowest BCUT2D eigenvalue weighted by molar-refractivity contribution is 0.309. The minimum absolute atomic E-state index is 0.786. The van der Waals surface area contributed by atoms with Gasteiger partial charge >= 0.3 is 0 Å². The normalized spacial score (nSPS) is 11.2. The maximum Gasteiger partial charge on any atom is 0.194 e. The first-order valence-electron chi connectivity index (χ1n) is 7.37. The quantitative estimate of drug-likeness (QED) is 0.629. The van der Waals surface area contributed by atoms with Gasteiger partial charge in [0.1, 0.15) is 5.75 Å². The van der Waals surface area contributed by atoms with Crippen LogP contribution in [-0.2, 0) is 0 Å². The molecule has 4 heteroatoms. The molecule has 0 amide bonds. The third-order valence-corrected chi connectivity index (χ3v) is 4.78. The lowest BCUT2D eigenvalue weighted by Gasteiger charge is -2.05. The summed E-state index contributed by atoms with van der Waals surface area (Å²) in [5.74, 6) is 0.931. The second-order valence-electron chi connectivity index (χ2n) is 5.25. The van der Waals surface area contributed by atoms with Crippen LogP contribution in [0.2, 0.25) is 0 Å². The second-order valence-corrected chi connectivity index (χ2v) is 6.43. The van der Waals surface area contributed by atoms with E-state index in [0.717, 1.165) is 41.4 Å². The molecule has 0 unspecified atom stereocenters. The van der Waals surface area contributed by atoms with Crippen LogP contribution in [0.25, 0.3) is 16.2 Å². The van der Waals surface area contributed by atoms with Gasteiger partial charge in [-0.05, 0) is 44.5 Å². The van der Waals surface area contributed by atoms with Gasteiger partial charge in [0.25, 0.3) is 0 Å². The third kappa shape index (κ3) is 2.81. The van der Waals surface area contributed by atoms with Crippen molar-refractivity contribution >= 4 is 16.3 Å². The summed E-state index contributed by atoms with van der Waals surface area (Å²) in [5, 5.41) is 0. The SMILES string of the molecule is CCCCOc1ccc(-c2cn3c(C)c(C)sc3n2)cc1. The Hall–Kier alpha value is -1.81. The van der Waals surface area contributed by atoms with E-state index in [-0.39, 0.29) is 0 Å². The van der Waals surface area contributed by atoms with Crippen molar-refractivity contribution in [2.24, 2.45) is 0 Å². The van der Waals surface area contributed by atoms with Crippen LogP contribution >= 0.6 is 11.3 Å². The number of thiazole rings is 1. The highest BCUT2D eigenvalue weighted by Crippen LogP contribution is 2.27. The van der Waals surface area contributed by atoms with Gasteiger partial charge in [0.05, 0.1) is 12.3 Å². The van der Waals surface area contributed by atoms with E-state index < -0.39 is 0 Å². The molecule has 0 radical (unpaired) electrons. The van der Waals surface area contributed by atoms with Crippen LogP contribution in [0.4, 0.5) is 0 Å². The monoisotopic (exact) mass is 300 g/mol. The summed E-state index contributed by atoms with van der Waals surface area (Å²) in [7, 11) is 0. The zero-order chi connectivity index (χ0) is 14.8. The van der Waals surface area contributed by atoms with Crippen LogP contribution < -0.4 is 4.74 Å². The number of benzene rings is 1. The zero-order valence-corrected chi connectivity index (χ0v) is 13.5. The molecule has 0 bridgehead atoms. The van der Waals surface area contributed by atoms with E-state index in [0.29, 0.717) is 0 Å². The highest BCUT2D eigenvalue weighted by Gasteiger charge is 2.10. The van der Waals surface area contributed by atoms with Gasteiger partial charge in [0, 0.05) is 22.3 Å². The first-order valence-corrected chi connectivity index (χ1v) is 8.19. The largest absolute Gasteiger partial charge is 0.494 e. The Balaban J connectivity index is 1.81. The Morgan fingerprint density at radius 3 is 2.62 bits per heavy atom. The molecule has 0 aliphatic carbocycles. The maximum absolute atomic E-state index is 5.69. The summed E-state index contributed by atoms with van der Waals surface area (Å²) < 4.78 is 7.86. The molecule has 2 heterocycles. The topological polar surface area (TPSA) is 26.5 Å². The molecule has 1 aromatic carbocycles. The minimum Gasteiger partial charge on any atom is -0.494 e. The smallest absolute Gasteiger partial charge is 0.194 e. The lowest BCUT2D eigenvalue weighted by atomic mass is 10.1. The van der Waals surface area contributed by atoms with Crippen LogP contribution in [0.5, 0.6) is 5.75 Å². The van der Waals surface area contributed by atoms with Gasteiger partial charge in [-0.25, -0.2) is 4.98 Å². The predicted octanol–water partition coefficient (Wildman–Crippen LogP) is 4.86. The van der Waals surface area contributed by atoms with E-state index in [1.54, 1.807) is 11.3 Å². The predicted molar refractivity (Wildman–Crippen MR) is 88.4 cm³/mol. The van der Waals surface area contributed by atoms with Crippen LogP contribution in [0.1, 0.15) is 30.3 Å². The number of ether oxygens (including phenoxy) is 1. The second kappa shape index (κ2) is 5.90. The molecule has 0 atom stereocenters. The van der Waals surface area contributed by atoms with Crippen molar-refractivity contribution in [1.82, 2.24) is 9.38 Å². The molecule has 110 valence electrons. The lowest BCUT2D eigenvalue weighted by Crippen LogP contribution is -1.95. The van der Waals surface area contributed by atoms with Gasteiger partial charge in [-0.1, -0.05) is 13.3 Å². The first kappa shape index (κ1) is 14.1. The van der Waals surface area contributed by atoms with Gasteiger partial charge in [-0.3, -0.25) is 4.40 Å². The highest BCUT2D eigenvalue weighted by atomic mass is 32.1. The van der Waals surface area contributed by atoms with Gasteiger partial charge in [-0.15, -0.1) is 11.3 Å². The van der Waals surface area contributed by atoms with E-state index in [4.69, 9.17) is 9.72 Å². The van der Waals surface area contributed by atoms with E-state index in [2.05, 4.69) is 43.5 Å². The summed E-state index contributed by atoms with van der Waals surface area (Å²) in [4.78, 5) is 7.09. The molecule has 3 aromatic rings. The molecule has 0 fully saturated rings. The van der Waals surface area contributed by atoms with E-state index in [9.17, 15) is 0 Å². The van der Waals surface area contributed by atoms with E-state index in [1.807, 2.05) is 12.1 Å². The molecule has 0 saturated heterocycles. The van der Waals surface area contributed by atoms with Crippen molar-refractivity contribution in [3.8, 4) is 17.0 Å². The average molecular weight is 300 g/mol. The first-order chi connectivity index (χ1) is 10.2. The Kier molecular flexibility index (Phi) is 3.97. The number of fused-ring (bicyclic) bond motifs is 1. The Morgan fingerprint density at radius 2 is 1.95 bits per heavy atom. The highest BCUT2D eigenvalue weighted by molar-refractivity contribution is 7.17. The fraction of sp³-hybridized carbons (Fsp3) is 0.353. The standard InChI is InChI=1S/C17H20N2OS/c1-4-5-10-20-15-8-6-14(7-9-15)16-11-19-12(2)13(3)21-17(19)18-16/h6-9,11H,4-5,10H2,1-3H3. The van der Waals surface area contributed by atoms with Crippen molar-refractivity contribution in [2.45, 2.75) is 33.6 Å². The molecule has 0 N–H and O–H groups in total. The fourth-order valence-electron chi connectivity index (χ4n) is 2.25. The van der Waals surface area contributed by atoms with Crippen molar-refractivity contribution in [3.63, 3.8) is 0 Å². The molecule has 2 aromatic heterocycles. The Bertz CT molecular complexity index is 740. The number of imidazole rings is 1. The number of hydrogen-bond donors (Lipinski definition) is 0. The summed E-state index contributed by atoms with van der Waals surface area (Å²) >= 11 is 1.74. The van der Waals surface area contributed by atoms with Crippen molar-refractivity contribution in [3.05, 3.63) is 41.0 Å². The fourth-order valence-corrected chi connectivity index (χ4v) is 3.20. The van der Waals surface area contributed by atoms with Crippen molar-refractivity contribution in [2.75, 3.05) is 6.61 Å². The average Bonchev–Trinajstić information content (AvgIpc) is 3.01. The molecule has 3 rings (SSSR count). The number of unbranched alkanes of at least 4 members (excludes halogenated alkanes) is 1. The molecule has 0 aliphatic heterocycles. The van der Waals surface area contributed by atoms with Gasteiger partial charge in [0.2, 0.25) is 0 Å². The van der Waals surface area contributed by atoms with Crippen LogP contribution in [-0.4, -0.2) is 16.0 Å². The molecule has 3 nitrogen and oxygen atoms in total. The summed E-state index contributed by atoms with van der Waals surface area (Å²) in [6, 6.07) is 8.21. The summed E-state index contributed by atoms with van der Waals surface area (Å²) in [6.07, 6.45) is 4.36. The van der Waals surface area contributed by atoms with E-state index in [1.165, 1.54) is 10.6 Å². The number of hydrogen-bond acceptors (Lipinski definition) is 3. The third-order valence-electron chi connectivity index (χ3n) is 3.71. The van der Waals surface area contributed by atoms with Crippen molar-refractivity contribution in [1.29, 1.82) is 0 Å². The Labute approximate surface area is 129 Å². The molecule has 21 heavy (non-hydrogen) atoms. The van der Waals surface area contributed by atoms with Crippen LogP contribution in [0, 0.1) is 13.8 Å². The molecular weight excluding hydrogens is 280 g/mol. The van der Waals surface area contributed by atoms with Crippen molar-refractivity contribution < 1.29 is 4.74 Å². The maximum atomic E-state index is 5.69. The van der Waals surface area contributed by atoms with Crippen LogP contribution in [0.3, 0.4) is 0 Å².